The Hall–Kier alpha value is -3.47. The first-order valence-corrected chi connectivity index (χ1v) is 9.02. The molecular weight excluding hydrogens is 386 g/mol. The average Bonchev–Trinajstić information content (AvgIpc) is 3.08. The van der Waals surface area contributed by atoms with Crippen molar-refractivity contribution in [2.45, 2.75) is 30.1 Å². The topological polar surface area (TPSA) is 126 Å². The molecule has 2 aromatic carbocycles. The zero-order valence-electron chi connectivity index (χ0n) is 14.7. The Bertz CT molecular complexity index is 1010. The molecule has 144 valence electrons. The summed E-state index contributed by atoms with van der Waals surface area (Å²) in [6, 6.07) is 12.7. The fourth-order valence-corrected chi connectivity index (χ4v) is 3.43. The van der Waals surface area contributed by atoms with Gasteiger partial charge in [0.25, 0.3) is 11.4 Å². The Kier molecular flexibility index (Phi) is 5.84. The van der Waals surface area contributed by atoms with E-state index in [1.165, 1.54) is 12.1 Å². The highest BCUT2D eigenvalue weighted by Crippen LogP contribution is 2.36. The van der Waals surface area contributed by atoms with Crippen LogP contribution in [0.5, 0.6) is 5.75 Å². The molecule has 0 aliphatic heterocycles. The summed E-state index contributed by atoms with van der Waals surface area (Å²) in [4.78, 5) is 21.1. The van der Waals surface area contributed by atoms with Crippen LogP contribution in [0.3, 0.4) is 0 Å². The molecular formula is C17H15N5O5S. The maximum absolute atomic E-state index is 11.3. The lowest BCUT2D eigenvalue weighted by atomic mass is 10.3. The molecule has 0 fully saturated rings. The molecule has 0 unspecified atom stereocenters. The van der Waals surface area contributed by atoms with Crippen molar-refractivity contribution >= 4 is 23.1 Å². The summed E-state index contributed by atoms with van der Waals surface area (Å²) >= 11 is 1.03. The second-order valence-electron chi connectivity index (χ2n) is 5.51. The quantitative estimate of drug-likeness (QED) is 0.411. The molecule has 1 aromatic heterocycles. The van der Waals surface area contributed by atoms with Gasteiger partial charge in [-0.15, -0.1) is 10.2 Å². The molecule has 0 spiro atoms. The van der Waals surface area contributed by atoms with Crippen LogP contribution >= 0.6 is 11.8 Å². The molecule has 10 nitrogen and oxygen atoms in total. The predicted molar refractivity (Wildman–Crippen MR) is 100 cm³/mol. The third-order valence-electron chi connectivity index (χ3n) is 3.77. The second-order valence-corrected chi connectivity index (χ2v) is 6.52. The Balaban J connectivity index is 1.84. The summed E-state index contributed by atoms with van der Waals surface area (Å²) < 4.78 is 7.46. The van der Waals surface area contributed by atoms with Crippen LogP contribution in [-0.4, -0.2) is 24.6 Å². The van der Waals surface area contributed by atoms with Gasteiger partial charge in [-0.1, -0.05) is 18.2 Å². The van der Waals surface area contributed by atoms with E-state index < -0.39 is 9.85 Å². The van der Waals surface area contributed by atoms with Gasteiger partial charge >= 0.3 is 0 Å². The summed E-state index contributed by atoms with van der Waals surface area (Å²) in [6.07, 6.45) is 0. The first-order valence-electron chi connectivity index (χ1n) is 8.20. The number of nitro benzene ring substituents is 2. The number of aromatic nitrogens is 3. The van der Waals surface area contributed by atoms with E-state index in [-0.39, 0.29) is 22.9 Å². The maximum Gasteiger partial charge on any atom is 0.290 e. The van der Waals surface area contributed by atoms with Crippen molar-refractivity contribution in [3.63, 3.8) is 0 Å². The molecule has 3 rings (SSSR count). The number of hydrogen-bond donors (Lipinski definition) is 0. The second kappa shape index (κ2) is 8.48. The van der Waals surface area contributed by atoms with Crippen LogP contribution in [0.2, 0.25) is 0 Å². The van der Waals surface area contributed by atoms with E-state index in [0.29, 0.717) is 23.3 Å². The molecule has 0 N–H and O–H groups in total. The van der Waals surface area contributed by atoms with Gasteiger partial charge in [0.15, 0.2) is 11.0 Å². The molecule has 0 saturated heterocycles. The first kappa shape index (κ1) is 19.3. The SMILES string of the molecule is CCn1c(COc2ccccc2)nnc1Sc1ccc([N+](=O)[O-])cc1[N+](=O)[O-]. The van der Waals surface area contributed by atoms with E-state index in [4.69, 9.17) is 4.74 Å². The van der Waals surface area contributed by atoms with Crippen molar-refractivity contribution < 1.29 is 14.6 Å². The lowest BCUT2D eigenvalue weighted by Gasteiger charge is -2.09. The van der Waals surface area contributed by atoms with Crippen LogP contribution in [0.4, 0.5) is 11.4 Å². The van der Waals surface area contributed by atoms with E-state index in [0.717, 1.165) is 17.8 Å². The smallest absolute Gasteiger partial charge is 0.290 e. The van der Waals surface area contributed by atoms with E-state index in [2.05, 4.69) is 10.2 Å². The minimum absolute atomic E-state index is 0.188. The molecule has 0 aliphatic rings. The number of non-ortho nitro benzene ring substituents is 1. The average molecular weight is 401 g/mol. The summed E-state index contributed by atoms with van der Waals surface area (Å²) in [7, 11) is 0. The van der Waals surface area contributed by atoms with Crippen LogP contribution in [0.15, 0.2) is 58.6 Å². The zero-order chi connectivity index (χ0) is 20.1. The Morgan fingerprint density at radius 2 is 1.82 bits per heavy atom. The van der Waals surface area contributed by atoms with Crippen LogP contribution < -0.4 is 4.74 Å². The Labute approximate surface area is 163 Å². The highest BCUT2D eigenvalue weighted by atomic mass is 32.2. The molecule has 11 heteroatoms. The van der Waals surface area contributed by atoms with Crippen molar-refractivity contribution in [3.05, 3.63) is 74.6 Å². The van der Waals surface area contributed by atoms with Gasteiger partial charge in [0.2, 0.25) is 0 Å². The van der Waals surface area contributed by atoms with Crippen LogP contribution in [0, 0.1) is 20.2 Å². The molecule has 1 heterocycles. The zero-order valence-corrected chi connectivity index (χ0v) is 15.5. The lowest BCUT2D eigenvalue weighted by Crippen LogP contribution is -2.07. The molecule has 0 amide bonds. The van der Waals surface area contributed by atoms with Crippen LogP contribution in [0.25, 0.3) is 0 Å². The third kappa shape index (κ3) is 4.26. The van der Waals surface area contributed by atoms with E-state index >= 15 is 0 Å². The van der Waals surface area contributed by atoms with Gasteiger partial charge in [-0.3, -0.25) is 20.2 Å². The summed E-state index contributed by atoms with van der Waals surface area (Å²) in [5.41, 5.74) is -0.697. The van der Waals surface area contributed by atoms with E-state index in [9.17, 15) is 20.2 Å². The normalized spacial score (nSPS) is 10.6. The minimum Gasteiger partial charge on any atom is -0.486 e. The van der Waals surface area contributed by atoms with Gasteiger partial charge in [-0.2, -0.15) is 0 Å². The Morgan fingerprint density at radius 1 is 1.07 bits per heavy atom. The summed E-state index contributed by atoms with van der Waals surface area (Å²) in [5.74, 6) is 1.26. The van der Waals surface area contributed by atoms with Gasteiger partial charge in [-0.25, -0.2) is 0 Å². The standard InChI is InChI=1S/C17H15N5O5S/c1-2-20-16(11-27-13-6-4-3-5-7-13)18-19-17(20)28-15-9-8-12(21(23)24)10-14(15)22(25)26/h3-10H,2,11H2,1H3. The molecule has 0 radical (unpaired) electrons. The van der Waals surface area contributed by atoms with Gasteiger partial charge in [-0.05, 0) is 36.9 Å². The number of nitro groups is 2. The van der Waals surface area contributed by atoms with Gasteiger partial charge < -0.3 is 9.30 Å². The van der Waals surface area contributed by atoms with Crippen LogP contribution in [-0.2, 0) is 13.2 Å². The first-order chi connectivity index (χ1) is 13.5. The molecule has 0 aliphatic carbocycles. The molecule has 0 saturated carbocycles. The monoisotopic (exact) mass is 401 g/mol. The largest absolute Gasteiger partial charge is 0.486 e. The predicted octanol–water partition coefficient (Wildman–Crippen LogP) is 3.84. The van der Waals surface area contributed by atoms with Crippen molar-refractivity contribution in [2.24, 2.45) is 0 Å². The summed E-state index contributed by atoms with van der Waals surface area (Å²) in [5, 5.41) is 30.8. The van der Waals surface area contributed by atoms with Gasteiger partial charge in [0.05, 0.1) is 20.8 Å². The number of ether oxygens (including phenoxy) is 1. The van der Waals surface area contributed by atoms with Gasteiger partial charge in [0, 0.05) is 12.6 Å². The summed E-state index contributed by atoms with van der Waals surface area (Å²) in [6.45, 7) is 2.61. The Morgan fingerprint density at radius 3 is 2.46 bits per heavy atom. The van der Waals surface area contributed by atoms with Crippen LogP contribution in [0.1, 0.15) is 12.7 Å². The molecule has 28 heavy (non-hydrogen) atoms. The minimum atomic E-state index is -0.672. The highest BCUT2D eigenvalue weighted by Gasteiger charge is 2.22. The number of para-hydroxylation sites is 1. The third-order valence-corrected chi connectivity index (χ3v) is 4.82. The number of nitrogens with zero attached hydrogens (tertiary/aromatic N) is 5. The number of rotatable bonds is 8. The molecule has 3 aromatic rings. The van der Waals surface area contributed by atoms with E-state index in [1.54, 1.807) is 4.57 Å². The maximum atomic E-state index is 11.3. The van der Waals surface area contributed by atoms with Crippen molar-refractivity contribution in [3.8, 4) is 5.75 Å². The van der Waals surface area contributed by atoms with Crippen molar-refractivity contribution in [1.82, 2.24) is 14.8 Å². The fraction of sp³-hybridized carbons (Fsp3) is 0.176. The number of benzene rings is 2. The number of hydrogen-bond acceptors (Lipinski definition) is 8. The fourth-order valence-electron chi connectivity index (χ4n) is 2.43. The molecule has 0 atom stereocenters. The lowest BCUT2D eigenvalue weighted by molar-refractivity contribution is -0.396. The van der Waals surface area contributed by atoms with Crippen molar-refractivity contribution in [1.29, 1.82) is 0 Å². The molecule has 0 bridgehead atoms. The van der Waals surface area contributed by atoms with Crippen molar-refractivity contribution in [2.75, 3.05) is 0 Å². The van der Waals surface area contributed by atoms with Gasteiger partial charge in [0.1, 0.15) is 12.4 Å². The van der Waals surface area contributed by atoms with E-state index in [1.807, 2.05) is 37.3 Å². The highest BCUT2D eigenvalue weighted by molar-refractivity contribution is 7.99.